The van der Waals surface area contributed by atoms with Crippen molar-refractivity contribution in [3.8, 4) is 68.2 Å². The van der Waals surface area contributed by atoms with Gasteiger partial charge in [-0.15, -0.1) is 0 Å². The average Bonchev–Trinajstić information content (AvgIpc) is 3.57. The van der Waals surface area contributed by atoms with Crippen molar-refractivity contribution in [2.24, 2.45) is 0 Å². The molecule has 0 aliphatic heterocycles. The molecule has 0 aliphatic rings. The summed E-state index contributed by atoms with van der Waals surface area (Å²) in [6.07, 6.45) is 0. The van der Waals surface area contributed by atoms with Crippen LogP contribution in [-0.4, -0.2) is 29.9 Å². The van der Waals surface area contributed by atoms with Crippen LogP contribution in [0.2, 0.25) is 0 Å². The van der Waals surface area contributed by atoms with Gasteiger partial charge in [-0.25, -0.2) is 29.9 Å². The fourth-order valence-corrected chi connectivity index (χ4v) is 5.97. The van der Waals surface area contributed by atoms with Crippen LogP contribution in [0.1, 0.15) is 0 Å². The maximum absolute atomic E-state index is 6.46. The van der Waals surface area contributed by atoms with Gasteiger partial charge in [-0.3, -0.25) is 0 Å². The standard InChI is InChI=1S/C42H26N6O/c1-5-15-27(16-6-1)32-25-33(28-17-7-2-8-18-28)44-40(43-32)38-39-37(31-23-13-14-24-36(31)49-39)47-42(48-38)41-45-34(29-19-9-3-10-20-29)26-35(46-41)30-21-11-4-12-22-30/h1-26H. The SMILES string of the molecule is c1ccc(-c2cc(-c3ccccc3)nc(-c3nc(-c4nc(-c5ccccc5)cc(-c5ccccc5)n4)c4oc5ccccc5c4n3)n2)cc1. The van der Waals surface area contributed by atoms with Crippen molar-refractivity contribution in [2.45, 2.75) is 0 Å². The number of hydrogen-bond acceptors (Lipinski definition) is 7. The Kier molecular flexibility index (Phi) is 6.98. The Bertz CT molecular complexity index is 2470. The molecule has 4 heterocycles. The zero-order valence-corrected chi connectivity index (χ0v) is 26.1. The lowest BCUT2D eigenvalue weighted by Crippen LogP contribution is -2.03. The van der Waals surface area contributed by atoms with E-state index >= 15 is 0 Å². The summed E-state index contributed by atoms with van der Waals surface area (Å²) >= 11 is 0. The number of furan rings is 1. The number of nitrogens with zero attached hydrogens (tertiary/aromatic N) is 6. The first-order chi connectivity index (χ1) is 24.3. The van der Waals surface area contributed by atoms with E-state index in [-0.39, 0.29) is 0 Å². The molecule has 7 nitrogen and oxygen atoms in total. The Balaban J connectivity index is 1.33. The van der Waals surface area contributed by atoms with Gasteiger partial charge in [0.1, 0.15) is 11.1 Å². The van der Waals surface area contributed by atoms with Gasteiger partial charge in [-0.05, 0) is 24.3 Å². The molecular formula is C42H26N6O. The van der Waals surface area contributed by atoms with Gasteiger partial charge in [0, 0.05) is 27.6 Å². The molecule has 0 bridgehead atoms. The molecule has 0 amide bonds. The van der Waals surface area contributed by atoms with E-state index in [1.54, 1.807) is 0 Å². The molecule has 0 N–H and O–H groups in total. The largest absolute Gasteiger partial charge is 0.452 e. The van der Waals surface area contributed by atoms with E-state index in [4.69, 9.17) is 34.3 Å². The number of hydrogen-bond donors (Lipinski definition) is 0. The highest BCUT2D eigenvalue weighted by atomic mass is 16.3. The summed E-state index contributed by atoms with van der Waals surface area (Å²) in [5.74, 6) is 1.14. The summed E-state index contributed by atoms with van der Waals surface area (Å²) in [5.41, 5.74) is 9.20. The third-order valence-corrected chi connectivity index (χ3v) is 8.36. The first kappa shape index (κ1) is 28.4. The monoisotopic (exact) mass is 630 g/mol. The summed E-state index contributed by atoms with van der Waals surface area (Å²) in [7, 11) is 0. The summed E-state index contributed by atoms with van der Waals surface area (Å²) in [6, 6.07) is 52.1. The van der Waals surface area contributed by atoms with E-state index < -0.39 is 0 Å². The van der Waals surface area contributed by atoms with E-state index in [1.807, 2.05) is 158 Å². The van der Waals surface area contributed by atoms with E-state index in [2.05, 4.69) is 0 Å². The third-order valence-electron chi connectivity index (χ3n) is 8.36. The third kappa shape index (κ3) is 5.39. The second-order valence-corrected chi connectivity index (χ2v) is 11.6. The highest BCUT2D eigenvalue weighted by Gasteiger charge is 2.23. The Labute approximate surface area is 281 Å². The molecule has 230 valence electrons. The minimum Gasteiger partial charge on any atom is -0.452 e. The minimum atomic E-state index is 0.346. The second-order valence-electron chi connectivity index (χ2n) is 11.6. The number of benzene rings is 5. The molecular weight excluding hydrogens is 605 g/mol. The lowest BCUT2D eigenvalue weighted by atomic mass is 10.1. The topological polar surface area (TPSA) is 90.5 Å². The number of fused-ring (bicyclic) bond motifs is 3. The van der Waals surface area contributed by atoms with E-state index in [1.165, 1.54) is 0 Å². The van der Waals surface area contributed by atoms with Gasteiger partial charge < -0.3 is 4.42 Å². The quantitative estimate of drug-likeness (QED) is 0.181. The van der Waals surface area contributed by atoms with Gasteiger partial charge in [0.05, 0.1) is 22.8 Å². The molecule has 5 aromatic carbocycles. The van der Waals surface area contributed by atoms with Crippen molar-refractivity contribution in [3.63, 3.8) is 0 Å². The fraction of sp³-hybridized carbons (Fsp3) is 0. The molecule has 4 aromatic heterocycles. The van der Waals surface area contributed by atoms with Gasteiger partial charge in [0.25, 0.3) is 0 Å². The molecule has 49 heavy (non-hydrogen) atoms. The van der Waals surface area contributed by atoms with Crippen molar-refractivity contribution in [1.82, 2.24) is 29.9 Å². The Morgan fingerprint density at radius 2 is 0.735 bits per heavy atom. The van der Waals surface area contributed by atoms with Crippen molar-refractivity contribution in [2.75, 3.05) is 0 Å². The minimum absolute atomic E-state index is 0.346. The van der Waals surface area contributed by atoms with Gasteiger partial charge in [-0.1, -0.05) is 133 Å². The van der Waals surface area contributed by atoms with Crippen LogP contribution < -0.4 is 0 Å². The predicted octanol–water partition coefficient (Wildman–Crippen LogP) is 9.96. The summed E-state index contributed by atoms with van der Waals surface area (Å²) in [4.78, 5) is 30.4. The van der Waals surface area contributed by atoms with E-state index in [9.17, 15) is 0 Å². The van der Waals surface area contributed by atoms with Gasteiger partial charge in [-0.2, -0.15) is 0 Å². The van der Waals surface area contributed by atoms with Crippen LogP contribution in [0, 0.1) is 0 Å². The summed E-state index contributed by atoms with van der Waals surface area (Å²) in [6.45, 7) is 0. The highest BCUT2D eigenvalue weighted by Crippen LogP contribution is 2.36. The van der Waals surface area contributed by atoms with E-state index in [0.29, 0.717) is 39.8 Å². The molecule has 0 saturated carbocycles. The van der Waals surface area contributed by atoms with Crippen molar-refractivity contribution in [3.05, 3.63) is 158 Å². The first-order valence-corrected chi connectivity index (χ1v) is 16.0. The fourth-order valence-electron chi connectivity index (χ4n) is 5.97. The van der Waals surface area contributed by atoms with Crippen molar-refractivity contribution < 1.29 is 4.42 Å². The average molecular weight is 631 g/mol. The normalized spacial score (nSPS) is 11.3. The van der Waals surface area contributed by atoms with Crippen LogP contribution in [0.3, 0.4) is 0 Å². The van der Waals surface area contributed by atoms with Crippen LogP contribution in [0.4, 0.5) is 0 Å². The zero-order valence-electron chi connectivity index (χ0n) is 26.1. The molecule has 0 aliphatic carbocycles. The van der Waals surface area contributed by atoms with Crippen molar-refractivity contribution in [1.29, 1.82) is 0 Å². The van der Waals surface area contributed by atoms with Crippen LogP contribution in [0.15, 0.2) is 162 Å². The lowest BCUT2D eigenvalue weighted by Gasteiger charge is -2.11. The Morgan fingerprint density at radius 1 is 0.347 bits per heavy atom. The molecule has 0 spiro atoms. The molecule has 9 rings (SSSR count). The van der Waals surface area contributed by atoms with Gasteiger partial charge >= 0.3 is 0 Å². The van der Waals surface area contributed by atoms with Gasteiger partial charge in [0.15, 0.2) is 28.8 Å². The smallest absolute Gasteiger partial charge is 0.199 e. The highest BCUT2D eigenvalue weighted by molar-refractivity contribution is 6.06. The molecule has 0 saturated heterocycles. The number of para-hydroxylation sites is 1. The molecule has 0 radical (unpaired) electrons. The predicted molar refractivity (Wildman–Crippen MR) is 193 cm³/mol. The van der Waals surface area contributed by atoms with Gasteiger partial charge in [0.2, 0.25) is 0 Å². The number of aromatic nitrogens is 6. The lowest BCUT2D eigenvalue weighted by molar-refractivity contribution is 0.666. The summed E-state index contributed by atoms with van der Waals surface area (Å²) < 4.78 is 6.46. The second kappa shape index (κ2) is 12.1. The zero-order chi connectivity index (χ0) is 32.6. The Morgan fingerprint density at radius 3 is 1.20 bits per heavy atom. The van der Waals surface area contributed by atoms with E-state index in [0.717, 1.165) is 50.4 Å². The van der Waals surface area contributed by atoms with Crippen LogP contribution in [-0.2, 0) is 0 Å². The molecule has 0 atom stereocenters. The molecule has 7 heteroatoms. The Hall–Kier alpha value is -6.86. The summed E-state index contributed by atoms with van der Waals surface area (Å²) in [5, 5.41) is 0.854. The van der Waals surface area contributed by atoms with Crippen LogP contribution >= 0.6 is 0 Å². The van der Waals surface area contributed by atoms with Crippen LogP contribution in [0.25, 0.3) is 90.3 Å². The molecule has 0 unspecified atom stereocenters. The maximum Gasteiger partial charge on any atom is 0.199 e. The first-order valence-electron chi connectivity index (χ1n) is 16.0. The maximum atomic E-state index is 6.46. The molecule has 9 aromatic rings. The number of rotatable bonds is 6. The molecule has 0 fully saturated rings. The van der Waals surface area contributed by atoms with Crippen molar-refractivity contribution >= 4 is 22.1 Å². The van der Waals surface area contributed by atoms with Crippen LogP contribution in [0.5, 0.6) is 0 Å².